The third-order valence-corrected chi connectivity index (χ3v) is 4.49. The molecule has 0 aromatic heterocycles. The van der Waals surface area contributed by atoms with Crippen LogP contribution in [-0.4, -0.2) is 29.3 Å². The van der Waals surface area contributed by atoms with Gasteiger partial charge in [-0.1, -0.05) is 77.0 Å². The zero-order valence-electron chi connectivity index (χ0n) is 18.0. The van der Waals surface area contributed by atoms with E-state index >= 15 is 0 Å². The van der Waals surface area contributed by atoms with E-state index in [1.807, 2.05) is 20.8 Å². The minimum Gasteiger partial charge on any atom is -0.481 e. The molecule has 0 unspecified atom stereocenters. The van der Waals surface area contributed by atoms with E-state index in [0.717, 1.165) is 25.7 Å². The first-order chi connectivity index (χ1) is 12.8. The maximum atomic E-state index is 11.5. The minimum absolute atomic E-state index is 0.317. The van der Waals surface area contributed by atoms with Crippen LogP contribution in [0.1, 0.15) is 117 Å². The van der Waals surface area contributed by atoms with E-state index in [0.29, 0.717) is 13.0 Å². The summed E-state index contributed by atoms with van der Waals surface area (Å²) in [5.74, 6) is -0.674. The van der Waals surface area contributed by atoms with Crippen molar-refractivity contribution in [2.24, 2.45) is 0 Å². The number of carboxylic acid groups (broad SMARTS) is 1. The molecule has 5 nitrogen and oxygen atoms in total. The number of carbonyl (C=O) groups is 2. The van der Waals surface area contributed by atoms with Crippen molar-refractivity contribution in [1.29, 1.82) is 0 Å². The van der Waals surface area contributed by atoms with Crippen molar-refractivity contribution in [3.8, 4) is 0 Å². The molecule has 0 heterocycles. The monoisotopic (exact) mass is 385 g/mol. The molecule has 0 aliphatic heterocycles. The quantitative estimate of drug-likeness (QED) is 0.282. The number of carboxylic acids is 1. The second-order valence-corrected chi connectivity index (χ2v) is 8.52. The third kappa shape index (κ3) is 22.7. The van der Waals surface area contributed by atoms with Gasteiger partial charge in [-0.2, -0.15) is 0 Å². The molecule has 0 radical (unpaired) electrons. The van der Waals surface area contributed by atoms with Crippen LogP contribution in [0.25, 0.3) is 0 Å². The third-order valence-electron chi connectivity index (χ3n) is 4.49. The molecule has 5 heteroatoms. The Kier molecular flexibility index (Phi) is 16.1. The Morgan fingerprint density at radius 3 is 1.44 bits per heavy atom. The molecule has 0 fully saturated rings. The molecular weight excluding hydrogens is 342 g/mol. The smallest absolute Gasteiger partial charge is 0.407 e. The van der Waals surface area contributed by atoms with Gasteiger partial charge < -0.3 is 15.2 Å². The molecule has 27 heavy (non-hydrogen) atoms. The van der Waals surface area contributed by atoms with Gasteiger partial charge in [-0.25, -0.2) is 4.79 Å². The predicted octanol–water partition coefficient (Wildman–Crippen LogP) is 6.45. The number of rotatable bonds is 17. The van der Waals surface area contributed by atoms with Crippen molar-refractivity contribution in [2.75, 3.05) is 6.54 Å². The SMILES string of the molecule is CC(C)(C)OC(=O)NCCCCCCCCCCCCCCCCC(=O)O. The van der Waals surface area contributed by atoms with Crippen LogP contribution in [0.5, 0.6) is 0 Å². The molecule has 0 aliphatic carbocycles. The molecule has 0 rings (SSSR count). The van der Waals surface area contributed by atoms with E-state index in [1.165, 1.54) is 64.2 Å². The van der Waals surface area contributed by atoms with E-state index in [-0.39, 0.29) is 6.09 Å². The summed E-state index contributed by atoms with van der Waals surface area (Å²) in [6.07, 6.45) is 16.9. The highest BCUT2D eigenvalue weighted by Gasteiger charge is 2.15. The molecule has 160 valence electrons. The average molecular weight is 386 g/mol. The van der Waals surface area contributed by atoms with E-state index in [9.17, 15) is 9.59 Å². The van der Waals surface area contributed by atoms with Crippen LogP contribution >= 0.6 is 0 Å². The molecule has 2 N–H and O–H groups in total. The van der Waals surface area contributed by atoms with Gasteiger partial charge in [-0.3, -0.25) is 4.79 Å². The summed E-state index contributed by atoms with van der Waals surface area (Å²) in [6.45, 7) is 6.32. The van der Waals surface area contributed by atoms with Gasteiger partial charge in [0.15, 0.2) is 0 Å². The lowest BCUT2D eigenvalue weighted by atomic mass is 10.0. The lowest BCUT2D eigenvalue weighted by molar-refractivity contribution is -0.137. The molecule has 0 saturated heterocycles. The minimum atomic E-state index is -0.674. The van der Waals surface area contributed by atoms with Crippen LogP contribution in [0.4, 0.5) is 4.79 Å². The normalized spacial score (nSPS) is 11.4. The maximum Gasteiger partial charge on any atom is 0.407 e. The topological polar surface area (TPSA) is 75.6 Å². The second kappa shape index (κ2) is 16.9. The van der Waals surface area contributed by atoms with Crippen molar-refractivity contribution in [3.05, 3.63) is 0 Å². The molecule has 0 saturated carbocycles. The van der Waals surface area contributed by atoms with Gasteiger partial charge in [0.2, 0.25) is 0 Å². The standard InChI is InChI=1S/C22H43NO4/c1-22(2,3)27-21(26)23-19-17-15-13-11-9-7-5-4-6-8-10-12-14-16-18-20(24)25/h4-19H2,1-3H3,(H,23,26)(H,24,25). The Hall–Kier alpha value is -1.26. The van der Waals surface area contributed by atoms with Gasteiger partial charge >= 0.3 is 12.1 Å². The fourth-order valence-corrected chi connectivity index (χ4v) is 3.03. The Morgan fingerprint density at radius 1 is 0.704 bits per heavy atom. The molecule has 0 aromatic rings. The Bertz CT molecular complexity index is 377. The molecule has 0 atom stereocenters. The summed E-state index contributed by atoms with van der Waals surface area (Å²) < 4.78 is 5.20. The lowest BCUT2D eigenvalue weighted by Gasteiger charge is -2.19. The fraction of sp³-hybridized carbons (Fsp3) is 0.909. The summed E-state index contributed by atoms with van der Waals surface area (Å²) in [5, 5.41) is 11.4. The molecule has 1 amide bonds. The van der Waals surface area contributed by atoms with Gasteiger partial charge in [0.25, 0.3) is 0 Å². The summed E-state index contributed by atoms with van der Waals surface area (Å²) in [7, 11) is 0. The lowest BCUT2D eigenvalue weighted by Crippen LogP contribution is -2.32. The average Bonchev–Trinajstić information content (AvgIpc) is 2.55. The Balaban J connectivity index is 3.15. The van der Waals surface area contributed by atoms with Crippen molar-refractivity contribution < 1.29 is 19.4 Å². The number of ether oxygens (including phenoxy) is 1. The predicted molar refractivity (Wildman–Crippen MR) is 111 cm³/mol. The molecular formula is C22H43NO4. The van der Waals surface area contributed by atoms with E-state index in [1.54, 1.807) is 0 Å². The molecule has 0 bridgehead atoms. The number of hydrogen-bond acceptors (Lipinski definition) is 3. The van der Waals surface area contributed by atoms with Crippen LogP contribution in [0.2, 0.25) is 0 Å². The maximum absolute atomic E-state index is 11.5. The molecule has 0 aromatic carbocycles. The zero-order valence-corrected chi connectivity index (χ0v) is 18.0. The van der Waals surface area contributed by atoms with Crippen molar-refractivity contribution in [3.63, 3.8) is 0 Å². The first kappa shape index (κ1) is 25.7. The number of hydrogen-bond donors (Lipinski definition) is 2. The van der Waals surface area contributed by atoms with Gasteiger partial charge in [0.05, 0.1) is 0 Å². The highest BCUT2D eigenvalue weighted by atomic mass is 16.6. The van der Waals surface area contributed by atoms with E-state index in [4.69, 9.17) is 9.84 Å². The van der Waals surface area contributed by atoms with E-state index < -0.39 is 11.6 Å². The number of nitrogens with one attached hydrogen (secondary N) is 1. The highest BCUT2D eigenvalue weighted by molar-refractivity contribution is 5.67. The van der Waals surface area contributed by atoms with Crippen LogP contribution in [-0.2, 0) is 9.53 Å². The van der Waals surface area contributed by atoms with Crippen LogP contribution in [0.15, 0.2) is 0 Å². The number of amides is 1. The summed E-state index contributed by atoms with van der Waals surface area (Å²) in [6, 6.07) is 0. The summed E-state index contributed by atoms with van der Waals surface area (Å²) in [5.41, 5.74) is -0.425. The van der Waals surface area contributed by atoms with Gasteiger partial charge in [0, 0.05) is 13.0 Å². The summed E-state index contributed by atoms with van der Waals surface area (Å²) >= 11 is 0. The van der Waals surface area contributed by atoms with Crippen LogP contribution in [0, 0.1) is 0 Å². The van der Waals surface area contributed by atoms with Gasteiger partial charge in [-0.05, 0) is 33.6 Å². The van der Waals surface area contributed by atoms with Crippen molar-refractivity contribution >= 4 is 12.1 Å². The zero-order chi connectivity index (χ0) is 20.4. The summed E-state index contributed by atoms with van der Waals surface area (Å²) in [4.78, 5) is 21.9. The van der Waals surface area contributed by atoms with E-state index in [2.05, 4.69) is 5.32 Å². The number of alkyl carbamates (subject to hydrolysis) is 1. The number of aliphatic carboxylic acids is 1. The van der Waals surface area contributed by atoms with Gasteiger partial charge in [0.1, 0.15) is 5.60 Å². The number of unbranched alkanes of at least 4 members (excludes halogenated alkanes) is 13. The Labute approximate surface area is 166 Å². The van der Waals surface area contributed by atoms with Crippen molar-refractivity contribution in [2.45, 2.75) is 123 Å². The van der Waals surface area contributed by atoms with Crippen LogP contribution in [0.3, 0.4) is 0 Å². The first-order valence-corrected chi connectivity index (χ1v) is 11.0. The second-order valence-electron chi connectivity index (χ2n) is 8.52. The fourth-order valence-electron chi connectivity index (χ4n) is 3.03. The molecule has 0 aliphatic rings. The largest absolute Gasteiger partial charge is 0.481 e. The van der Waals surface area contributed by atoms with Crippen molar-refractivity contribution in [1.82, 2.24) is 5.32 Å². The molecule has 0 spiro atoms. The first-order valence-electron chi connectivity index (χ1n) is 11.0. The van der Waals surface area contributed by atoms with Gasteiger partial charge in [-0.15, -0.1) is 0 Å². The highest BCUT2D eigenvalue weighted by Crippen LogP contribution is 2.13. The van der Waals surface area contributed by atoms with Crippen LogP contribution < -0.4 is 5.32 Å². The number of carbonyl (C=O) groups excluding carboxylic acids is 1. The Morgan fingerprint density at radius 2 is 1.07 bits per heavy atom.